The Morgan fingerprint density at radius 3 is 2.92 bits per heavy atom. The van der Waals surface area contributed by atoms with Crippen molar-refractivity contribution in [3.63, 3.8) is 0 Å². The highest BCUT2D eigenvalue weighted by molar-refractivity contribution is 8.00. The third-order valence-corrected chi connectivity index (χ3v) is 3.88. The second-order valence-corrected chi connectivity index (χ2v) is 6.39. The number of nitrogens with one attached hydrogen (secondary N) is 2. The van der Waals surface area contributed by atoms with E-state index in [1.807, 2.05) is 11.8 Å². The van der Waals surface area contributed by atoms with Crippen LogP contribution in [-0.2, 0) is 10.0 Å². The van der Waals surface area contributed by atoms with E-state index in [1.54, 1.807) is 0 Å². The topological polar surface area (TPSA) is 58.2 Å². The molecule has 0 saturated carbocycles. The fourth-order valence-electron chi connectivity index (χ4n) is 1.21. The van der Waals surface area contributed by atoms with Crippen LogP contribution >= 0.6 is 11.8 Å². The Balaban J connectivity index is 2.11. The van der Waals surface area contributed by atoms with Gasteiger partial charge in [0, 0.05) is 30.6 Å². The molecule has 13 heavy (non-hydrogen) atoms. The highest BCUT2D eigenvalue weighted by Gasteiger charge is 2.13. The van der Waals surface area contributed by atoms with E-state index in [4.69, 9.17) is 0 Å². The Morgan fingerprint density at radius 2 is 2.38 bits per heavy atom. The Kier molecular flexibility index (Phi) is 4.51. The van der Waals surface area contributed by atoms with Crippen LogP contribution in [0.1, 0.15) is 6.42 Å². The molecule has 0 aromatic heterocycles. The summed E-state index contributed by atoms with van der Waals surface area (Å²) in [5, 5.41) is 3.84. The van der Waals surface area contributed by atoms with Crippen molar-refractivity contribution in [2.24, 2.45) is 0 Å². The molecule has 0 amide bonds. The van der Waals surface area contributed by atoms with Crippen LogP contribution in [-0.4, -0.2) is 45.3 Å². The van der Waals surface area contributed by atoms with Crippen LogP contribution in [0.25, 0.3) is 0 Å². The van der Waals surface area contributed by atoms with Gasteiger partial charge >= 0.3 is 0 Å². The van der Waals surface area contributed by atoms with Gasteiger partial charge in [0.05, 0.1) is 6.26 Å². The normalized spacial score (nSPS) is 24.5. The lowest BCUT2D eigenvalue weighted by atomic mass is 10.3. The summed E-state index contributed by atoms with van der Waals surface area (Å²) in [5.74, 6) is 1.13. The molecule has 0 bridgehead atoms. The minimum atomic E-state index is -3.00. The molecule has 0 spiro atoms. The Morgan fingerprint density at radius 1 is 1.62 bits per heavy atom. The van der Waals surface area contributed by atoms with E-state index in [2.05, 4.69) is 10.0 Å². The van der Waals surface area contributed by atoms with Crippen molar-refractivity contribution >= 4 is 21.8 Å². The first-order valence-electron chi connectivity index (χ1n) is 4.35. The summed E-state index contributed by atoms with van der Waals surface area (Å²) in [5.41, 5.74) is 0. The summed E-state index contributed by atoms with van der Waals surface area (Å²) in [6.45, 7) is 2.62. The summed E-state index contributed by atoms with van der Waals surface area (Å²) in [6, 6.07) is 0. The standard InChI is InChI=1S/C7H16N2O2S2/c1-13(10,11)9-3-2-7-6-8-4-5-12-7/h7-9H,2-6H2,1H3. The fraction of sp³-hybridized carbons (Fsp3) is 1.00. The Hall–Kier alpha value is 0.220. The SMILES string of the molecule is CS(=O)(=O)NCCC1CNCCS1. The minimum absolute atomic E-state index is 0.554. The van der Waals surface area contributed by atoms with Gasteiger partial charge in [0.1, 0.15) is 0 Å². The molecule has 0 aromatic rings. The molecule has 78 valence electrons. The van der Waals surface area contributed by atoms with E-state index >= 15 is 0 Å². The Labute approximate surface area is 83.9 Å². The van der Waals surface area contributed by atoms with E-state index in [0.29, 0.717) is 11.8 Å². The molecule has 1 aliphatic rings. The van der Waals surface area contributed by atoms with Crippen molar-refractivity contribution in [3.8, 4) is 0 Å². The maximum Gasteiger partial charge on any atom is 0.208 e. The zero-order valence-corrected chi connectivity index (χ0v) is 9.38. The second kappa shape index (κ2) is 5.19. The van der Waals surface area contributed by atoms with Crippen molar-refractivity contribution < 1.29 is 8.42 Å². The molecular weight excluding hydrogens is 208 g/mol. The third-order valence-electron chi connectivity index (χ3n) is 1.83. The third kappa shape index (κ3) is 5.51. The zero-order chi connectivity index (χ0) is 9.73. The Bertz CT molecular complexity index is 235. The molecule has 1 rings (SSSR count). The van der Waals surface area contributed by atoms with Crippen molar-refractivity contribution in [2.75, 3.05) is 31.6 Å². The van der Waals surface area contributed by atoms with Crippen LogP contribution < -0.4 is 10.0 Å². The summed E-state index contributed by atoms with van der Waals surface area (Å²) >= 11 is 1.92. The maximum absolute atomic E-state index is 10.7. The lowest BCUT2D eigenvalue weighted by molar-refractivity contribution is 0.578. The first-order chi connectivity index (χ1) is 6.08. The quantitative estimate of drug-likeness (QED) is 0.684. The van der Waals surface area contributed by atoms with Gasteiger partial charge in [-0.15, -0.1) is 0 Å². The predicted molar refractivity (Wildman–Crippen MR) is 56.6 cm³/mol. The van der Waals surface area contributed by atoms with E-state index in [0.717, 1.165) is 25.3 Å². The number of rotatable bonds is 4. The highest BCUT2D eigenvalue weighted by Crippen LogP contribution is 2.15. The summed E-state index contributed by atoms with van der Waals surface area (Å²) in [7, 11) is -3.00. The summed E-state index contributed by atoms with van der Waals surface area (Å²) in [4.78, 5) is 0. The molecule has 1 unspecified atom stereocenters. The molecule has 6 heteroatoms. The van der Waals surface area contributed by atoms with Crippen molar-refractivity contribution in [1.82, 2.24) is 10.0 Å². The monoisotopic (exact) mass is 224 g/mol. The lowest BCUT2D eigenvalue weighted by Gasteiger charge is -2.22. The van der Waals surface area contributed by atoms with Gasteiger partial charge in [0.15, 0.2) is 0 Å². The van der Waals surface area contributed by atoms with Gasteiger partial charge in [-0.05, 0) is 6.42 Å². The van der Waals surface area contributed by atoms with Gasteiger partial charge in [0.2, 0.25) is 10.0 Å². The van der Waals surface area contributed by atoms with Crippen LogP contribution in [0.15, 0.2) is 0 Å². The smallest absolute Gasteiger partial charge is 0.208 e. The first kappa shape index (κ1) is 11.3. The van der Waals surface area contributed by atoms with E-state index in [1.165, 1.54) is 6.26 Å². The number of hydrogen-bond acceptors (Lipinski definition) is 4. The minimum Gasteiger partial charge on any atom is -0.315 e. The van der Waals surface area contributed by atoms with Crippen LogP contribution in [0.5, 0.6) is 0 Å². The van der Waals surface area contributed by atoms with E-state index < -0.39 is 10.0 Å². The van der Waals surface area contributed by atoms with Crippen LogP contribution in [0, 0.1) is 0 Å². The van der Waals surface area contributed by atoms with Gasteiger partial charge in [-0.2, -0.15) is 11.8 Å². The van der Waals surface area contributed by atoms with Crippen LogP contribution in [0.3, 0.4) is 0 Å². The van der Waals surface area contributed by atoms with Gasteiger partial charge < -0.3 is 5.32 Å². The lowest BCUT2D eigenvalue weighted by Crippen LogP contribution is -2.35. The van der Waals surface area contributed by atoms with Gasteiger partial charge in [-0.3, -0.25) is 0 Å². The summed E-state index contributed by atoms with van der Waals surface area (Å²) < 4.78 is 24.0. The molecule has 1 fully saturated rings. The average Bonchev–Trinajstić information content (AvgIpc) is 2.04. The van der Waals surface area contributed by atoms with Crippen molar-refractivity contribution in [2.45, 2.75) is 11.7 Å². The molecular formula is C7H16N2O2S2. The van der Waals surface area contributed by atoms with Crippen molar-refractivity contribution in [1.29, 1.82) is 0 Å². The number of thioether (sulfide) groups is 1. The molecule has 0 aromatic carbocycles. The molecule has 0 aliphatic carbocycles. The van der Waals surface area contributed by atoms with Crippen LogP contribution in [0.2, 0.25) is 0 Å². The van der Waals surface area contributed by atoms with E-state index in [-0.39, 0.29) is 0 Å². The summed E-state index contributed by atoms with van der Waals surface area (Å²) in [6.07, 6.45) is 2.10. The fourth-order valence-corrected chi connectivity index (χ4v) is 2.81. The van der Waals surface area contributed by atoms with E-state index in [9.17, 15) is 8.42 Å². The van der Waals surface area contributed by atoms with Gasteiger partial charge in [-0.25, -0.2) is 13.1 Å². The zero-order valence-electron chi connectivity index (χ0n) is 7.75. The van der Waals surface area contributed by atoms with Gasteiger partial charge in [0.25, 0.3) is 0 Å². The van der Waals surface area contributed by atoms with Crippen molar-refractivity contribution in [3.05, 3.63) is 0 Å². The molecule has 1 saturated heterocycles. The molecule has 1 atom stereocenters. The molecule has 4 nitrogen and oxygen atoms in total. The maximum atomic E-state index is 10.7. The highest BCUT2D eigenvalue weighted by atomic mass is 32.2. The second-order valence-electron chi connectivity index (χ2n) is 3.15. The largest absolute Gasteiger partial charge is 0.315 e. The average molecular weight is 224 g/mol. The predicted octanol–water partition coefficient (Wildman–Crippen LogP) is -0.369. The number of sulfonamides is 1. The van der Waals surface area contributed by atoms with Gasteiger partial charge in [-0.1, -0.05) is 0 Å². The van der Waals surface area contributed by atoms with Crippen LogP contribution in [0.4, 0.5) is 0 Å². The molecule has 1 aliphatic heterocycles. The number of hydrogen-bond donors (Lipinski definition) is 2. The first-order valence-corrected chi connectivity index (χ1v) is 7.29. The molecule has 0 radical (unpaired) electrons. The molecule has 2 N–H and O–H groups in total. The molecule has 1 heterocycles.